The van der Waals surface area contributed by atoms with Crippen LogP contribution in [0.2, 0.25) is 0 Å². The van der Waals surface area contributed by atoms with E-state index in [1.54, 1.807) is 6.07 Å². The van der Waals surface area contributed by atoms with Crippen LogP contribution >= 0.6 is 23.5 Å². The quantitative estimate of drug-likeness (QED) is 0.406. The van der Waals surface area contributed by atoms with Gasteiger partial charge in [0.15, 0.2) is 0 Å². The van der Waals surface area contributed by atoms with Crippen molar-refractivity contribution in [1.82, 2.24) is 0 Å². The van der Waals surface area contributed by atoms with Gasteiger partial charge in [-0.3, -0.25) is 0 Å². The minimum absolute atomic E-state index is 0.0399. The second kappa shape index (κ2) is 9.61. The molecule has 6 nitrogen and oxygen atoms in total. The standard InChI is InChI=1S/C8H10AsNO5.C4H8S2/c1-6(11)10-8-4-2-3-7(5-8)9(12,13)15-14;1-2-5-4-6-3-1/h2-5,14H,1H3,(H,10,11)(H,12,13);1-4H2. The molecule has 21 heavy (non-hydrogen) atoms. The van der Waals surface area contributed by atoms with Gasteiger partial charge in [-0.05, 0) is 17.9 Å². The molecule has 0 aliphatic carbocycles. The average molecular weight is 395 g/mol. The molecule has 118 valence electrons. The van der Waals surface area contributed by atoms with Gasteiger partial charge >= 0.3 is 88.4 Å². The van der Waals surface area contributed by atoms with E-state index in [0.717, 1.165) is 0 Å². The summed E-state index contributed by atoms with van der Waals surface area (Å²) >= 11 is -0.710. The molecular formula is C12H18AsNO5S2. The third-order valence-corrected chi connectivity index (χ3v) is 7.25. The Labute approximate surface area is 135 Å². The molecule has 0 spiro atoms. The van der Waals surface area contributed by atoms with Crippen molar-refractivity contribution in [1.29, 1.82) is 0 Å². The van der Waals surface area contributed by atoms with Crippen molar-refractivity contribution in [2.45, 2.75) is 13.3 Å². The van der Waals surface area contributed by atoms with Crippen LogP contribution in [-0.2, 0) is 12.4 Å². The molecule has 9 heteroatoms. The van der Waals surface area contributed by atoms with Crippen molar-refractivity contribution in [2.75, 3.05) is 21.9 Å². The number of thioether (sulfide) groups is 2. The Hall–Kier alpha value is -0.372. The summed E-state index contributed by atoms with van der Waals surface area (Å²) in [4.78, 5) is 10.7. The van der Waals surface area contributed by atoms with E-state index in [1.807, 2.05) is 0 Å². The van der Waals surface area contributed by atoms with E-state index < -0.39 is 14.2 Å². The summed E-state index contributed by atoms with van der Waals surface area (Å²) in [5.41, 5.74) is 0.368. The van der Waals surface area contributed by atoms with Crippen LogP contribution in [0, 0.1) is 0 Å². The van der Waals surface area contributed by atoms with Gasteiger partial charge in [0.1, 0.15) is 0 Å². The topological polar surface area (TPSA) is 95.9 Å². The molecule has 1 aromatic carbocycles. The minimum atomic E-state index is -4.83. The van der Waals surface area contributed by atoms with Gasteiger partial charge in [-0.15, -0.1) is 0 Å². The number of rotatable bonds is 3. The Balaban J connectivity index is 0.000000304. The molecule has 2 rings (SSSR count). The third kappa shape index (κ3) is 7.44. The Morgan fingerprint density at radius 3 is 2.48 bits per heavy atom. The van der Waals surface area contributed by atoms with Crippen LogP contribution < -0.4 is 9.67 Å². The number of nitrogens with one attached hydrogen (secondary N) is 1. The van der Waals surface area contributed by atoms with Crippen LogP contribution in [0.4, 0.5) is 5.69 Å². The predicted molar refractivity (Wildman–Crippen MR) is 87.2 cm³/mol. The number of amides is 1. The molecule has 1 unspecified atom stereocenters. The molecule has 1 fully saturated rings. The van der Waals surface area contributed by atoms with Crippen molar-refractivity contribution >= 4 is 53.6 Å². The van der Waals surface area contributed by atoms with Crippen LogP contribution in [0.5, 0.6) is 0 Å². The number of benzene rings is 1. The zero-order valence-electron chi connectivity index (χ0n) is 11.5. The first kappa shape index (κ1) is 18.7. The zero-order chi connectivity index (χ0) is 15.7. The van der Waals surface area contributed by atoms with Crippen LogP contribution in [0.3, 0.4) is 0 Å². The van der Waals surface area contributed by atoms with Crippen molar-refractivity contribution in [3.8, 4) is 0 Å². The number of anilines is 1. The van der Waals surface area contributed by atoms with Gasteiger partial charge in [-0.2, -0.15) is 23.5 Å². The maximum absolute atomic E-state index is 11.3. The van der Waals surface area contributed by atoms with Crippen LogP contribution in [0.15, 0.2) is 24.3 Å². The van der Waals surface area contributed by atoms with Crippen molar-refractivity contribution in [3.05, 3.63) is 24.3 Å². The molecular weight excluding hydrogens is 377 g/mol. The number of carbonyl (C=O) groups excluding carboxylic acids is 1. The van der Waals surface area contributed by atoms with E-state index >= 15 is 0 Å². The second-order valence-corrected chi connectivity index (χ2v) is 10.3. The van der Waals surface area contributed by atoms with Gasteiger partial charge in [0.25, 0.3) is 0 Å². The first-order chi connectivity index (χ1) is 9.95. The molecule has 0 saturated carbocycles. The van der Waals surface area contributed by atoms with Crippen molar-refractivity contribution in [3.63, 3.8) is 0 Å². The van der Waals surface area contributed by atoms with E-state index in [2.05, 4.69) is 32.7 Å². The van der Waals surface area contributed by atoms with Crippen LogP contribution in [0.1, 0.15) is 13.3 Å². The van der Waals surface area contributed by atoms with Gasteiger partial charge in [-0.25, -0.2) is 0 Å². The molecule has 1 aliphatic rings. The molecule has 1 heterocycles. The summed E-state index contributed by atoms with van der Waals surface area (Å²) in [7, 11) is 0. The summed E-state index contributed by atoms with van der Waals surface area (Å²) in [6, 6.07) is 5.64. The monoisotopic (exact) mass is 395 g/mol. The first-order valence-corrected chi connectivity index (χ1v) is 11.8. The number of hydrogen-bond donors (Lipinski definition) is 3. The van der Waals surface area contributed by atoms with Gasteiger partial charge in [0.2, 0.25) is 0 Å². The van der Waals surface area contributed by atoms with Gasteiger partial charge in [-0.1, -0.05) is 0 Å². The van der Waals surface area contributed by atoms with E-state index in [9.17, 15) is 12.6 Å². The van der Waals surface area contributed by atoms with Crippen LogP contribution in [-0.4, -0.2) is 46.0 Å². The fourth-order valence-corrected chi connectivity index (χ4v) is 5.15. The maximum atomic E-state index is 11.3. The molecule has 1 aliphatic heterocycles. The van der Waals surface area contributed by atoms with Crippen molar-refractivity contribution < 1.29 is 21.8 Å². The Bertz CT molecular complexity index is 499. The average Bonchev–Trinajstić information content (AvgIpc) is 2.49. The summed E-state index contributed by atoms with van der Waals surface area (Å²) in [5.74, 6) is 2.50. The molecule has 3 N–H and O–H groups in total. The fourth-order valence-electron chi connectivity index (χ4n) is 1.45. The van der Waals surface area contributed by atoms with E-state index in [1.165, 1.54) is 48.1 Å². The van der Waals surface area contributed by atoms with Gasteiger partial charge < -0.3 is 0 Å². The Morgan fingerprint density at radius 2 is 2.05 bits per heavy atom. The number of carbonyl (C=O) groups is 1. The van der Waals surface area contributed by atoms with E-state index in [-0.39, 0.29) is 10.3 Å². The van der Waals surface area contributed by atoms with E-state index in [4.69, 9.17) is 5.26 Å². The third-order valence-electron chi connectivity index (χ3n) is 2.35. The molecule has 1 atom stereocenters. The first-order valence-electron chi connectivity index (χ1n) is 6.15. The van der Waals surface area contributed by atoms with E-state index in [0.29, 0.717) is 5.69 Å². The molecule has 0 radical (unpaired) electrons. The Morgan fingerprint density at radius 1 is 1.38 bits per heavy atom. The number of hydrogen-bond acceptors (Lipinski definition) is 6. The molecule has 1 saturated heterocycles. The molecule has 1 amide bonds. The second-order valence-electron chi connectivity index (χ2n) is 4.12. The van der Waals surface area contributed by atoms with Gasteiger partial charge in [0, 0.05) is 5.08 Å². The SMILES string of the molecule is C1CSCSC1.CC(=O)Nc1cccc([As](=O)(O)OO)c1. The van der Waals surface area contributed by atoms with Gasteiger partial charge in [0.05, 0.1) is 0 Å². The molecule has 0 bridgehead atoms. The summed E-state index contributed by atoms with van der Waals surface area (Å²) in [6.07, 6.45) is 1.43. The summed E-state index contributed by atoms with van der Waals surface area (Å²) in [6.45, 7) is 1.32. The molecule has 0 aromatic heterocycles. The summed E-state index contributed by atoms with van der Waals surface area (Å²) < 4.78 is 23.9. The summed E-state index contributed by atoms with van der Waals surface area (Å²) in [5, 5.41) is 12.0. The normalized spacial score (nSPS) is 17.1. The zero-order valence-corrected chi connectivity index (χ0v) is 15.0. The Kier molecular flexibility index (Phi) is 8.54. The molecule has 1 aromatic rings. The van der Waals surface area contributed by atoms with Crippen molar-refractivity contribution in [2.24, 2.45) is 0 Å². The fraction of sp³-hybridized carbons (Fsp3) is 0.417. The predicted octanol–water partition coefficient (Wildman–Crippen LogP) is 1.52. The van der Waals surface area contributed by atoms with Crippen LogP contribution in [0.25, 0.3) is 0 Å².